The lowest BCUT2D eigenvalue weighted by molar-refractivity contribution is 0.468. The van der Waals surface area contributed by atoms with Crippen LogP contribution < -0.4 is 0 Å². The summed E-state index contributed by atoms with van der Waals surface area (Å²) in [5, 5.41) is 0. The Morgan fingerprint density at radius 1 is 1.33 bits per heavy atom. The summed E-state index contributed by atoms with van der Waals surface area (Å²) in [4.78, 5) is 2.25. The molecule has 1 saturated heterocycles. The van der Waals surface area contributed by atoms with Gasteiger partial charge in [0, 0.05) is 25.4 Å². The van der Waals surface area contributed by atoms with E-state index < -0.39 is 0 Å². The maximum Gasteiger partial charge on any atom is 0.0173 e. The van der Waals surface area contributed by atoms with Gasteiger partial charge in [-0.15, -0.1) is 6.42 Å². The van der Waals surface area contributed by atoms with Gasteiger partial charge in [-0.1, -0.05) is 5.92 Å². The first-order valence-electron chi connectivity index (χ1n) is 3.30. The largest absolute Gasteiger partial charge is 0.377 e. The van der Waals surface area contributed by atoms with E-state index in [9.17, 15) is 0 Å². The second kappa shape index (κ2) is 3.19. The van der Waals surface area contributed by atoms with Crippen LogP contribution in [0.1, 0.15) is 12.8 Å². The molecule has 0 saturated carbocycles. The molecule has 0 spiro atoms. The summed E-state index contributed by atoms with van der Waals surface area (Å²) >= 11 is 0. The van der Waals surface area contributed by atoms with E-state index in [1.165, 1.54) is 25.9 Å². The van der Waals surface area contributed by atoms with Gasteiger partial charge in [0.15, 0.2) is 0 Å². The molecule has 0 aromatic rings. The number of rotatable bonds is 1. The van der Waals surface area contributed by atoms with Crippen molar-refractivity contribution in [1.82, 2.24) is 4.90 Å². The van der Waals surface area contributed by atoms with Crippen LogP contribution in [-0.4, -0.2) is 18.0 Å². The minimum atomic E-state index is 1.18. The average molecular weight is 121 g/mol. The minimum absolute atomic E-state index is 1.18. The Morgan fingerprint density at radius 2 is 2.00 bits per heavy atom. The number of likely N-dealkylation sites (tertiary alicyclic amines) is 1. The van der Waals surface area contributed by atoms with Gasteiger partial charge in [-0.2, -0.15) is 0 Å². The summed E-state index contributed by atoms with van der Waals surface area (Å²) < 4.78 is 0. The van der Waals surface area contributed by atoms with Crippen LogP contribution in [0.15, 0.2) is 12.3 Å². The molecule has 9 heavy (non-hydrogen) atoms. The van der Waals surface area contributed by atoms with E-state index in [0.717, 1.165) is 0 Å². The molecule has 1 aliphatic rings. The van der Waals surface area contributed by atoms with Gasteiger partial charge in [0.25, 0.3) is 0 Å². The number of hydrogen-bond acceptors (Lipinski definition) is 1. The standard InChI is InChI=1S/C8H11N/c1-2-3-6-9-7-4-5-8-9/h1,3,6H,4-5,7-8H2. The maximum absolute atomic E-state index is 5.04. The van der Waals surface area contributed by atoms with E-state index in [1.54, 1.807) is 6.08 Å². The zero-order valence-electron chi connectivity index (χ0n) is 5.51. The Morgan fingerprint density at radius 3 is 2.56 bits per heavy atom. The normalized spacial score (nSPS) is 18.8. The van der Waals surface area contributed by atoms with Crippen molar-refractivity contribution in [3.63, 3.8) is 0 Å². The third-order valence-electron chi connectivity index (χ3n) is 1.52. The Kier molecular flexibility index (Phi) is 2.21. The van der Waals surface area contributed by atoms with Crippen molar-refractivity contribution in [1.29, 1.82) is 0 Å². The molecule has 0 aromatic heterocycles. The van der Waals surface area contributed by atoms with Gasteiger partial charge >= 0.3 is 0 Å². The first-order valence-corrected chi connectivity index (χ1v) is 3.30. The van der Waals surface area contributed by atoms with Crippen molar-refractivity contribution in [3.8, 4) is 12.3 Å². The predicted octanol–water partition coefficient (Wildman–Crippen LogP) is 1.23. The van der Waals surface area contributed by atoms with Crippen LogP contribution in [0.4, 0.5) is 0 Å². The maximum atomic E-state index is 5.04. The number of allylic oxidation sites excluding steroid dienone is 1. The monoisotopic (exact) mass is 121 g/mol. The minimum Gasteiger partial charge on any atom is -0.377 e. The Hall–Kier alpha value is -0.900. The molecule has 1 heterocycles. The fraction of sp³-hybridized carbons (Fsp3) is 0.500. The van der Waals surface area contributed by atoms with E-state index in [0.29, 0.717) is 0 Å². The molecule has 0 amide bonds. The predicted molar refractivity (Wildman–Crippen MR) is 38.8 cm³/mol. The fourth-order valence-corrected chi connectivity index (χ4v) is 1.04. The molecule has 1 rings (SSSR count). The molecule has 0 N–H and O–H groups in total. The Balaban J connectivity index is 2.28. The van der Waals surface area contributed by atoms with Gasteiger partial charge in [-0.3, -0.25) is 0 Å². The highest BCUT2D eigenvalue weighted by Gasteiger charge is 2.04. The van der Waals surface area contributed by atoms with Crippen molar-refractivity contribution in [2.75, 3.05) is 13.1 Å². The van der Waals surface area contributed by atoms with Crippen LogP contribution in [0.2, 0.25) is 0 Å². The summed E-state index contributed by atoms with van der Waals surface area (Å²) in [7, 11) is 0. The van der Waals surface area contributed by atoms with Crippen LogP contribution in [0.5, 0.6) is 0 Å². The quantitative estimate of drug-likeness (QED) is 0.472. The molecular weight excluding hydrogens is 110 g/mol. The van der Waals surface area contributed by atoms with E-state index >= 15 is 0 Å². The number of nitrogens with zero attached hydrogens (tertiary/aromatic N) is 1. The van der Waals surface area contributed by atoms with Gasteiger partial charge in [-0.25, -0.2) is 0 Å². The number of terminal acetylenes is 1. The van der Waals surface area contributed by atoms with E-state index in [2.05, 4.69) is 10.8 Å². The van der Waals surface area contributed by atoms with Crippen molar-refractivity contribution in [2.24, 2.45) is 0 Å². The molecule has 0 bridgehead atoms. The Bertz CT molecular complexity index is 135. The third-order valence-corrected chi connectivity index (χ3v) is 1.52. The lowest BCUT2D eigenvalue weighted by Crippen LogP contribution is -2.09. The van der Waals surface area contributed by atoms with Crippen molar-refractivity contribution >= 4 is 0 Å². The molecule has 0 atom stereocenters. The highest BCUT2D eigenvalue weighted by molar-refractivity contribution is 5.08. The van der Waals surface area contributed by atoms with Crippen LogP contribution in [-0.2, 0) is 0 Å². The van der Waals surface area contributed by atoms with Crippen LogP contribution in [0.3, 0.4) is 0 Å². The van der Waals surface area contributed by atoms with Gasteiger partial charge < -0.3 is 4.90 Å². The van der Waals surface area contributed by atoms with Crippen LogP contribution in [0.25, 0.3) is 0 Å². The highest BCUT2D eigenvalue weighted by Crippen LogP contribution is 2.06. The van der Waals surface area contributed by atoms with Gasteiger partial charge in [-0.05, 0) is 12.8 Å². The second-order valence-corrected chi connectivity index (χ2v) is 2.23. The van der Waals surface area contributed by atoms with E-state index in [4.69, 9.17) is 6.42 Å². The van der Waals surface area contributed by atoms with Crippen molar-refractivity contribution < 1.29 is 0 Å². The fourth-order valence-electron chi connectivity index (χ4n) is 1.04. The SMILES string of the molecule is C#CC=CN1CCCC1. The van der Waals surface area contributed by atoms with Gasteiger partial charge in [0.1, 0.15) is 0 Å². The first kappa shape index (κ1) is 6.22. The molecule has 48 valence electrons. The topological polar surface area (TPSA) is 3.24 Å². The lowest BCUT2D eigenvalue weighted by atomic mass is 10.4. The molecule has 0 aromatic carbocycles. The Labute approximate surface area is 56.4 Å². The van der Waals surface area contributed by atoms with E-state index in [-0.39, 0.29) is 0 Å². The summed E-state index contributed by atoms with van der Waals surface area (Å²) in [6, 6.07) is 0. The average Bonchev–Trinajstić information content (AvgIpc) is 2.34. The summed E-state index contributed by atoms with van der Waals surface area (Å²) in [6.07, 6.45) is 11.4. The summed E-state index contributed by atoms with van der Waals surface area (Å²) in [5.74, 6) is 2.47. The van der Waals surface area contributed by atoms with Crippen LogP contribution >= 0.6 is 0 Å². The van der Waals surface area contributed by atoms with E-state index in [1.807, 2.05) is 6.20 Å². The molecule has 0 radical (unpaired) electrons. The molecular formula is C8H11N. The highest BCUT2D eigenvalue weighted by atomic mass is 15.1. The number of hydrogen-bond donors (Lipinski definition) is 0. The molecule has 1 aliphatic heterocycles. The van der Waals surface area contributed by atoms with Gasteiger partial charge in [0.2, 0.25) is 0 Å². The van der Waals surface area contributed by atoms with Crippen molar-refractivity contribution in [2.45, 2.75) is 12.8 Å². The lowest BCUT2D eigenvalue weighted by Gasteiger charge is -2.08. The zero-order chi connectivity index (χ0) is 6.53. The third kappa shape index (κ3) is 1.81. The summed E-state index contributed by atoms with van der Waals surface area (Å²) in [6.45, 7) is 2.36. The zero-order valence-corrected chi connectivity index (χ0v) is 5.51. The van der Waals surface area contributed by atoms with Gasteiger partial charge in [0.05, 0.1) is 0 Å². The molecule has 0 aliphatic carbocycles. The molecule has 1 heteroatoms. The van der Waals surface area contributed by atoms with Crippen molar-refractivity contribution in [3.05, 3.63) is 12.3 Å². The smallest absolute Gasteiger partial charge is 0.0173 e. The molecule has 1 fully saturated rings. The second-order valence-electron chi connectivity index (χ2n) is 2.23. The molecule has 1 nitrogen and oxygen atoms in total. The molecule has 0 unspecified atom stereocenters. The first-order chi connectivity index (χ1) is 4.43. The summed E-state index contributed by atoms with van der Waals surface area (Å²) in [5.41, 5.74) is 0. The van der Waals surface area contributed by atoms with Crippen LogP contribution in [0, 0.1) is 12.3 Å².